The molecular formula is C28H15F7O2. The number of fused-ring (bicyclic) bond motifs is 2. The molecule has 5 aromatic rings. The third kappa shape index (κ3) is 3.64. The topological polar surface area (TPSA) is 18.5 Å². The van der Waals surface area contributed by atoms with Gasteiger partial charge in [-0.25, -0.2) is 22.0 Å². The van der Waals surface area contributed by atoms with Crippen molar-refractivity contribution in [3.63, 3.8) is 0 Å². The fraction of sp³-hybridized carbons (Fsp3) is 0.0714. The minimum atomic E-state index is -1.89. The van der Waals surface area contributed by atoms with Gasteiger partial charge in [0.15, 0.2) is 29.0 Å². The van der Waals surface area contributed by atoms with Crippen LogP contribution in [0.4, 0.5) is 30.7 Å². The maximum atomic E-state index is 15.4. The van der Waals surface area contributed by atoms with Gasteiger partial charge in [0.05, 0.1) is 19.8 Å². The lowest BCUT2D eigenvalue weighted by atomic mass is 9.85. The first-order chi connectivity index (χ1) is 17.7. The van der Waals surface area contributed by atoms with Crippen LogP contribution in [0, 0.1) is 40.7 Å². The molecule has 0 radical (unpaired) electrons. The second-order valence-corrected chi connectivity index (χ2v) is 8.12. The maximum Gasteiger partial charge on any atom is 0.204 e. The molecule has 188 valence electrons. The zero-order valence-corrected chi connectivity index (χ0v) is 19.2. The fourth-order valence-electron chi connectivity index (χ4n) is 4.57. The summed E-state index contributed by atoms with van der Waals surface area (Å²) in [4.78, 5) is 0. The highest BCUT2D eigenvalue weighted by atomic mass is 19.2. The van der Waals surface area contributed by atoms with Crippen LogP contribution in [-0.2, 0) is 0 Å². The van der Waals surface area contributed by atoms with Crippen molar-refractivity contribution in [2.45, 2.75) is 0 Å². The molecule has 0 spiro atoms. The van der Waals surface area contributed by atoms with Gasteiger partial charge in [-0.1, -0.05) is 24.3 Å². The quantitative estimate of drug-likeness (QED) is 0.136. The first-order valence-electron chi connectivity index (χ1n) is 10.8. The van der Waals surface area contributed by atoms with E-state index in [-0.39, 0.29) is 21.7 Å². The average molecular weight is 516 g/mol. The van der Waals surface area contributed by atoms with E-state index in [2.05, 4.69) is 4.74 Å². The van der Waals surface area contributed by atoms with Gasteiger partial charge < -0.3 is 9.47 Å². The van der Waals surface area contributed by atoms with E-state index in [1.54, 1.807) is 24.3 Å². The molecule has 0 heterocycles. The Bertz CT molecular complexity index is 1680. The molecular weight excluding hydrogens is 501 g/mol. The molecule has 0 fully saturated rings. The Hall–Kier alpha value is -4.27. The lowest BCUT2D eigenvalue weighted by Crippen LogP contribution is -2.05. The van der Waals surface area contributed by atoms with E-state index in [1.807, 2.05) is 0 Å². The summed E-state index contributed by atoms with van der Waals surface area (Å²) in [5, 5.41) is -0.862. The van der Waals surface area contributed by atoms with E-state index < -0.39 is 63.0 Å². The van der Waals surface area contributed by atoms with E-state index in [9.17, 15) is 17.6 Å². The molecule has 0 bridgehead atoms. The Morgan fingerprint density at radius 2 is 1.08 bits per heavy atom. The van der Waals surface area contributed by atoms with Gasteiger partial charge in [0, 0.05) is 10.9 Å². The monoisotopic (exact) mass is 516 g/mol. The van der Waals surface area contributed by atoms with Crippen molar-refractivity contribution in [2.75, 3.05) is 14.2 Å². The van der Waals surface area contributed by atoms with Crippen LogP contribution >= 0.6 is 0 Å². The Labute approximate surface area is 205 Å². The third-order valence-electron chi connectivity index (χ3n) is 6.19. The number of ether oxygens (including phenoxy) is 2. The molecule has 0 amide bonds. The van der Waals surface area contributed by atoms with Crippen molar-refractivity contribution in [2.24, 2.45) is 0 Å². The lowest BCUT2D eigenvalue weighted by molar-refractivity contribution is 0.334. The zero-order valence-electron chi connectivity index (χ0n) is 19.2. The predicted molar refractivity (Wildman–Crippen MR) is 125 cm³/mol. The minimum Gasteiger partial charge on any atom is -0.497 e. The van der Waals surface area contributed by atoms with Gasteiger partial charge in [-0.05, 0) is 57.6 Å². The Balaban J connectivity index is 2.06. The van der Waals surface area contributed by atoms with Crippen LogP contribution in [0.5, 0.6) is 11.5 Å². The summed E-state index contributed by atoms with van der Waals surface area (Å²) < 4.78 is 114. The predicted octanol–water partition coefficient (Wildman–Crippen LogP) is 8.32. The van der Waals surface area contributed by atoms with Crippen molar-refractivity contribution in [1.29, 1.82) is 0 Å². The molecule has 37 heavy (non-hydrogen) atoms. The van der Waals surface area contributed by atoms with Crippen LogP contribution in [0.25, 0.3) is 43.8 Å². The highest BCUT2D eigenvalue weighted by Gasteiger charge is 2.31. The maximum absolute atomic E-state index is 15.4. The van der Waals surface area contributed by atoms with E-state index >= 15 is 13.2 Å². The van der Waals surface area contributed by atoms with Crippen LogP contribution in [0.2, 0.25) is 0 Å². The molecule has 0 atom stereocenters. The van der Waals surface area contributed by atoms with Gasteiger partial charge in [-0.15, -0.1) is 0 Å². The molecule has 2 nitrogen and oxygen atoms in total. The van der Waals surface area contributed by atoms with Crippen LogP contribution in [0.3, 0.4) is 0 Å². The van der Waals surface area contributed by atoms with E-state index in [4.69, 9.17) is 4.74 Å². The number of rotatable bonds is 4. The molecule has 0 unspecified atom stereocenters. The number of halogens is 7. The SMILES string of the molecule is COc1ccc(-c2c3cc(F)c(F)cc3c(-c3c(F)c(F)c(OC)c(F)c3F)c3c(F)cccc23)cc1. The number of methoxy groups -OCH3 is 2. The molecule has 0 aliphatic carbocycles. The van der Waals surface area contributed by atoms with Crippen molar-refractivity contribution in [3.8, 4) is 33.8 Å². The van der Waals surface area contributed by atoms with Crippen LogP contribution in [0.15, 0.2) is 54.6 Å². The minimum absolute atomic E-state index is 0.0362. The summed E-state index contributed by atoms with van der Waals surface area (Å²) in [5.41, 5.74) is -1.37. The molecule has 0 N–H and O–H groups in total. The summed E-state index contributed by atoms with van der Waals surface area (Å²) in [7, 11) is 2.25. The van der Waals surface area contributed by atoms with Gasteiger partial charge in [0.1, 0.15) is 11.6 Å². The summed E-state index contributed by atoms with van der Waals surface area (Å²) in [5.74, 6) is -12.1. The average Bonchev–Trinajstić information content (AvgIpc) is 2.89. The summed E-state index contributed by atoms with van der Waals surface area (Å²) in [6, 6.07) is 11.4. The molecule has 9 heteroatoms. The third-order valence-corrected chi connectivity index (χ3v) is 6.19. The molecule has 0 aromatic heterocycles. The second-order valence-electron chi connectivity index (χ2n) is 8.12. The van der Waals surface area contributed by atoms with Crippen molar-refractivity contribution in [1.82, 2.24) is 0 Å². The van der Waals surface area contributed by atoms with E-state index in [0.29, 0.717) is 17.4 Å². The summed E-state index contributed by atoms with van der Waals surface area (Å²) in [6.45, 7) is 0. The molecule has 0 aliphatic rings. The summed E-state index contributed by atoms with van der Waals surface area (Å²) >= 11 is 0. The van der Waals surface area contributed by atoms with Crippen LogP contribution in [0.1, 0.15) is 0 Å². The van der Waals surface area contributed by atoms with Gasteiger partial charge in [0.2, 0.25) is 11.6 Å². The number of hydrogen-bond acceptors (Lipinski definition) is 2. The summed E-state index contributed by atoms with van der Waals surface area (Å²) in [6.07, 6.45) is 0. The van der Waals surface area contributed by atoms with Crippen molar-refractivity contribution < 1.29 is 40.2 Å². The zero-order chi connectivity index (χ0) is 26.6. The van der Waals surface area contributed by atoms with Crippen LogP contribution < -0.4 is 9.47 Å². The largest absolute Gasteiger partial charge is 0.497 e. The Kier molecular flexibility index (Phi) is 5.94. The second kappa shape index (κ2) is 8.99. The molecule has 0 saturated carbocycles. The first-order valence-corrected chi connectivity index (χ1v) is 10.8. The highest BCUT2D eigenvalue weighted by molar-refractivity contribution is 6.21. The molecule has 0 aliphatic heterocycles. The van der Waals surface area contributed by atoms with Crippen molar-refractivity contribution >= 4 is 21.5 Å². The molecule has 5 rings (SSSR count). The van der Waals surface area contributed by atoms with Gasteiger partial charge in [-0.3, -0.25) is 0 Å². The molecule has 5 aromatic carbocycles. The normalized spacial score (nSPS) is 11.4. The van der Waals surface area contributed by atoms with E-state index in [0.717, 1.165) is 19.2 Å². The lowest BCUT2D eigenvalue weighted by Gasteiger charge is -2.20. The molecule has 0 saturated heterocycles. The van der Waals surface area contributed by atoms with Crippen LogP contribution in [-0.4, -0.2) is 14.2 Å². The highest BCUT2D eigenvalue weighted by Crippen LogP contribution is 2.48. The van der Waals surface area contributed by atoms with Gasteiger partial charge in [0.25, 0.3) is 0 Å². The number of benzene rings is 5. The first kappa shape index (κ1) is 24.4. The van der Waals surface area contributed by atoms with E-state index in [1.165, 1.54) is 19.2 Å². The smallest absolute Gasteiger partial charge is 0.204 e. The number of hydrogen-bond donors (Lipinski definition) is 0. The van der Waals surface area contributed by atoms with Gasteiger partial charge >= 0.3 is 0 Å². The Morgan fingerprint density at radius 3 is 1.62 bits per heavy atom. The van der Waals surface area contributed by atoms with Gasteiger partial charge in [-0.2, -0.15) is 8.78 Å². The standard InChI is InChI=1S/C28H15F7O2/c1-36-13-8-6-12(7-9-13)20-14-4-3-5-17(29)21(14)22(16-11-19(31)18(30)10-15(16)20)23-24(32)26(34)28(37-2)27(35)25(23)33/h3-11H,1-2H3. The fourth-order valence-corrected chi connectivity index (χ4v) is 4.57. The van der Waals surface area contributed by atoms with Crippen molar-refractivity contribution in [3.05, 3.63) is 95.3 Å². The Morgan fingerprint density at radius 1 is 0.514 bits per heavy atom.